The number of aliphatic hydroxyl groups is 1. The highest BCUT2D eigenvalue weighted by Gasteiger charge is 2.43. The average Bonchev–Trinajstić information content (AvgIpc) is 3.35. The molecule has 3 heterocycles. The molecule has 1 aliphatic carbocycles. The molecular formula is C31H33NO6. The van der Waals surface area contributed by atoms with Crippen LogP contribution in [0.2, 0.25) is 0 Å². The van der Waals surface area contributed by atoms with E-state index in [1.165, 1.54) is 0 Å². The largest absolute Gasteiger partial charge is 0.497 e. The first-order valence-corrected chi connectivity index (χ1v) is 13.4. The molecule has 4 aromatic rings. The van der Waals surface area contributed by atoms with Crippen molar-refractivity contribution in [2.24, 2.45) is 5.92 Å². The third-order valence-corrected chi connectivity index (χ3v) is 8.83. The van der Waals surface area contributed by atoms with Crippen molar-refractivity contribution in [1.29, 1.82) is 0 Å². The normalized spacial score (nSPS) is 21.6. The Morgan fingerprint density at radius 3 is 2.79 bits per heavy atom. The number of benzene rings is 2. The number of aryl methyl sites for hydroxylation is 2. The van der Waals surface area contributed by atoms with Gasteiger partial charge in [-0.25, -0.2) is 4.79 Å². The Balaban J connectivity index is 1.37. The summed E-state index contributed by atoms with van der Waals surface area (Å²) in [5.74, 6) is 0.766. The lowest BCUT2D eigenvalue weighted by Crippen LogP contribution is -2.55. The number of rotatable bonds is 4. The van der Waals surface area contributed by atoms with Gasteiger partial charge in [-0.2, -0.15) is 0 Å². The van der Waals surface area contributed by atoms with Crippen LogP contribution in [0.4, 0.5) is 0 Å². The highest BCUT2D eigenvalue weighted by molar-refractivity contribution is 6.05. The van der Waals surface area contributed by atoms with E-state index in [-0.39, 0.29) is 18.2 Å². The Bertz CT molecular complexity index is 1610. The molecule has 6 rings (SSSR count). The maximum atomic E-state index is 13.4. The molecule has 0 radical (unpaired) electrons. The zero-order chi connectivity index (χ0) is 26.6. The fourth-order valence-corrected chi connectivity index (χ4v) is 6.48. The molecule has 1 saturated heterocycles. The van der Waals surface area contributed by atoms with Crippen LogP contribution < -0.4 is 10.4 Å². The Labute approximate surface area is 221 Å². The zero-order valence-corrected chi connectivity index (χ0v) is 22.1. The second kappa shape index (κ2) is 9.31. The van der Waals surface area contributed by atoms with E-state index < -0.39 is 11.2 Å². The first-order valence-electron chi connectivity index (χ1n) is 13.4. The van der Waals surface area contributed by atoms with Gasteiger partial charge in [-0.05, 0) is 62.4 Å². The lowest BCUT2D eigenvalue weighted by molar-refractivity contribution is -0.142. The van der Waals surface area contributed by atoms with Crippen LogP contribution in [0.1, 0.15) is 48.8 Å². The Hall–Kier alpha value is -3.58. The van der Waals surface area contributed by atoms with Crippen LogP contribution >= 0.6 is 0 Å². The van der Waals surface area contributed by atoms with Gasteiger partial charge in [0.1, 0.15) is 16.9 Å². The van der Waals surface area contributed by atoms with E-state index >= 15 is 0 Å². The third kappa shape index (κ3) is 4.00. The highest BCUT2D eigenvalue weighted by atomic mass is 16.5. The van der Waals surface area contributed by atoms with Gasteiger partial charge in [-0.1, -0.05) is 25.0 Å². The Kier molecular flexibility index (Phi) is 6.06. The SMILES string of the molecule is COc1cccc(-c2coc3c(C)c4oc(=O)c(CC(=O)N5CC[C@]6(O)CCCC[C@H]6C5)c(C)c4cc23)c1. The van der Waals surface area contributed by atoms with Crippen molar-refractivity contribution in [3.05, 3.63) is 63.7 Å². The van der Waals surface area contributed by atoms with Gasteiger partial charge in [0, 0.05) is 40.9 Å². The molecule has 2 aliphatic rings. The first kappa shape index (κ1) is 24.7. The van der Waals surface area contributed by atoms with E-state index in [1.54, 1.807) is 13.4 Å². The van der Waals surface area contributed by atoms with Gasteiger partial charge in [-0.15, -0.1) is 0 Å². The van der Waals surface area contributed by atoms with Crippen LogP contribution in [0.25, 0.3) is 33.1 Å². The van der Waals surface area contributed by atoms with Gasteiger partial charge in [0.15, 0.2) is 0 Å². The smallest absolute Gasteiger partial charge is 0.340 e. The monoisotopic (exact) mass is 515 g/mol. The van der Waals surface area contributed by atoms with E-state index in [4.69, 9.17) is 13.6 Å². The molecule has 0 bridgehead atoms. The number of piperidine rings is 1. The van der Waals surface area contributed by atoms with Gasteiger partial charge in [0.2, 0.25) is 5.91 Å². The zero-order valence-electron chi connectivity index (χ0n) is 22.1. The predicted molar refractivity (Wildman–Crippen MR) is 146 cm³/mol. The van der Waals surface area contributed by atoms with Crippen molar-refractivity contribution in [3.63, 3.8) is 0 Å². The number of nitrogens with zero attached hydrogens (tertiary/aromatic N) is 1. The van der Waals surface area contributed by atoms with Crippen LogP contribution in [0.5, 0.6) is 5.75 Å². The van der Waals surface area contributed by atoms with Gasteiger partial charge in [-0.3, -0.25) is 4.79 Å². The second-order valence-electron chi connectivity index (χ2n) is 10.9. The lowest BCUT2D eigenvalue weighted by Gasteiger charge is -2.47. The summed E-state index contributed by atoms with van der Waals surface area (Å²) in [6.45, 7) is 4.83. The molecule has 2 fully saturated rings. The average molecular weight is 516 g/mol. The second-order valence-corrected chi connectivity index (χ2v) is 10.9. The third-order valence-electron chi connectivity index (χ3n) is 8.83. The molecule has 1 aliphatic heterocycles. The molecule has 38 heavy (non-hydrogen) atoms. The van der Waals surface area contributed by atoms with Crippen molar-refractivity contribution in [2.45, 2.75) is 58.0 Å². The molecule has 1 N–H and O–H groups in total. The van der Waals surface area contributed by atoms with E-state index in [1.807, 2.05) is 49.1 Å². The van der Waals surface area contributed by atoms with Crippen LogP contribution in [-0.2, 0) is 11.2 Å². The number of furan rings is 1. The molecule has 7 heteroatoms. The van der Waals surface area contributed by atoms with E-state index in [0.717, 1.165) is 64.5 Å². The van der Waals surface area contributed by atoms with Crippen LogP contribution in [0, 0.1) is 19.8 Å². The molecule has 2 aromatic heterocycles. The number of likely N-dealkylation sites (tertiary alicyclic amines) is 1. The number of carbonyl (C=O) groups excluding carboxylic acids is 1. The molecule has 198 valence electrons. The lowest BCUT2D eigenvalue weighted by atomic mass is 9.71. The van der Waals surface area contributed by atoms with E-state index in [0.29, 0.717) is 36.2 Å². The number of ether oxygens (including phenoxy) is 1. The Morgan fingerprint density at radius 1 is 1.13 bits per heavy atom. The summed E-state index contributed by atoms with van der Waals surface area (Å²) in [4.78, 5) is 28.3. The summed E-state index contributed by atoms with van der Waals surface area (Å²) in [6, 6.07) is 9.78. The maximum Gasteiger partial charge on any atom is 0.340 e. The van der Waals surface area contributed by atoms with Crippen LogP contribution in [0.3, 0.4) is 0 Å². The molecule has 0 spiro atoms. The van der Waals surface area contributed by atoms with Crippen molar-refractivity contribution in [1.82, 2.24) is 4.90 Å². The van der Waals surface area contributed by atoms with E-state index in [9.17, 15) is 14.7 Å². The maximum absolute atomic E-state index is 13.4. The number of carbonyl (C=O) groups is 1. The summed E-state index contributed by atoms with van der Waals surface area (Å²) >= 11 is 0. The van der Waals surface area contributed by atoms with E-state index in [2.05, 4.69) is 0 Å². The predicted octanol–water partition coefficient (Wildman–Crippen LogP) is 5.53. The summed E-state index contributed by atoms with van der Waals surface area (Å²) in [7, 11) is 1.64. The summed E-state index contributed by atoms with van der Waals surface area (Å²) in [5.41, 5.74) is 3.76. The van der Waals surface area contributed by atoms with Gasteiger partial charge >= 0.3 is 5.63 Å². The van der Waals surface area contributed by atoms with Crippen molar-refractivity contribution >= 4 is 27.8 Å². The minimum absolute atomic E-state index is 0.0134. The summed E-state index contributed by atoms with van der Waals surface area (Å²) in [6.07, 6.45) is 6.18. The molecule has 0 unspecified atom stereocenters. The summed E-state index contributed by atoms with van der Waals surface area (Å²) < 4.78 is 17.1. The topological polar surface area (TPSA) is 93.1 Å². The molecule has 2 aromatic carbocycles. The van der Waals surface area contributed by atoms with Gasteiger partial charge in [0.05, 0.1) is 31.0 Å². The number of fused-ring (bicyclic) bond motifs is 3. The quantitative estimate of drug-likeness (QED) is 0.360. The highest BCUT2D eigenvalue weighted by Crippen LogP contribution is 2.40. The number of methoxy groups -OCH3 is 1. The first-order chi connectivity index (χ1) is 18.3. The molecule has 1 amide bonds. The molecular weight excluding hydrogens is 482 g/mol. The van der Waals surface area contributed by atoms with Crippen molar-refractivity contribution < 1.29 is 23.5 Å². The standard InChI is InChI=1S/C31H33NO6/c1-18-23-14-25-26(20-7-6-9-22(13-20)36-3)17-37-28(25)19(2)29(23)38-30(34)24(18)15-27(33)32-12-11-31(35)10-5-4-8-21(31)16-32/h6-7,9,13-14,17,21,35H,4-5,8,10-12,15-16H2,1-3H3/t21-,31+/m0/s1. The van der Waals surface area contributed by atoms with Crippen molar-refractivity contribution in [3.8, 4) is 16.9 Å². The van der Waals surface area contributed by atoms with Gasteiger partial charge < -0.3 is 23.6 Å². The minimum Gasteiger partial charge on any atom is -0.497 e. The van der Waals surface area contributed by atoms with Crippen LogP contribution in [-0.4, -0.2) is 41.7 Å². The Morgan fingerprint density at radius 2 is 1.97 bits per heavy atom. The number of amides is 1. The van der Waals surface area contributed by atoms with Crippen molar-refractivity contribution in [2.75, 3.05) is 20.2 Å². The molecule has 7 nitrogen and oxygen atoms in total. The van der Waals surface area contributed by atoms with Crippen LogP contribution in [0.15, 0.2) is 50.2 Å². The van der Waals surface area contributed by atoms with Gasteiger partial charge in [0.25, 0.3) is 0 Å². The fourth-order valence-electron chi connectivity index (χ4n) is 6.48. The molecule has 1 saturated carbocycles. The minimum atomic E-state index is -0.652. The number of hydrogen-bond donors (Lipinski definition) is 1. The fraction of sp³-hybridized carbons (Fsp3) is 0.419. The number of hydrogen-bond acceptors (Lipinski definition) is 6. The summed E-state index contributed by atoms with van der Waals surface area (Å²) in [5, 5.41) is 12.7. The molecule has 2 atom stereocenters.